The second-order valence-corrected chi connectivity index (χ2v) is 9.89. The van der Waals surface area contributed by atoms with Crippen LogP contribution in [0.2, 0.25) is 0 Å². The number of hydrogen-bond acceptors (Lipinski definition) is 4. The van der Waals surface area contributed by atoms with E-state index in [4.69, 9.17) is 21.1 Å². The molecule has 3 saturated carbocycles. The molecule has 0 aliphatic heterocycles. The smallest absolute Gasteiger partial charge is 0.404 e. The number of rotatable bonds is 3. The van der Waals surface area contributed by atoms with Gasteiger partial charge in [0.25, 0.3) is 0 Å². The third-order valence-electron chi connectivity index (χ3n) is 8.77. The molecule has 2 bridgehead atoms. The van der Waals surface area contributed by atoms with Gasteiger partial charge in [0, 0.05) is 47.8 Å². The van der Waals surface area contributed by atoms with Crippen LogP contribution in [0.15, 0.2) is 12.7 Å². The standard InChI is InChI=1S/C22H33ClO4/c1-7-20(4)12-16(27-19(23)25)21(5)13(2)8-10-22(14(3)18(20)24)11-9-15(26-6)17(21)22/h7,13-17H,1,8-12H2,2-6H3/t13-,14+,15-,16+,17+,20-,21+,22+/m1/s1. The van der Waals surface area contributed by atoms with Gasteiger partial charge in [0.1, 0.15) is 11.9 Å². The molecule has 3 aliphatic carbocycles. The van der Waals surface area contributed by atoms with Crippen LogP contribution in [0.25, 0.3) is 0 Å². The van der Waals surface area contributed by atoms with Gasteiger partial charge in [0.05, 0.1) is 6.10 Å². The van der Waals surface area contributed by atoms with Gasteiger partial charge in [-0.15, -0.1) is 6.58 Å². The normalized spacial score (nSPS) is 49.7. The van der Waals surface area contributed by atoms with Crippen LogP contribution in [0.1, 0.15) is 59.8 Å². The van der Waals surface area contributed by atoms with E-state index < -0.39 is 16.9 Å². The summed E-state index contributed by atoms with van der Waals surface area (Å²) in [6, 6.07) is 0. The Kier molecular flexibility index (Phi) is 5.31. The number of carbonyl (C=O) groups excluding carboxylic acids is 2. The van der Waals surface area contributed by atoms with E-state index in [1.54, 1.807) is 13.2 Å². The molecular formula is C22H33ClO4. The van der Waals surface area contributed by atoms with E-state index in [2.05, 4.69) is 27.4 Å². The lowest BCUT2D eigenvalue weighted by atomic mass is 9.44. The molecule has 152 valence electrons. The molecule has 0 aromatic heterocycles. The van der Waals surface area contributed by atoms with Gasteiger partial charge in [-0.1, -0.05) is 26.8 Å². The Labute approximate surface area is 168 Å². The second-order valence-electron chi connectivity index (χ2n) is 9.59. The van der Waals surface area contributed by atoms with Crippen LogP contribution in [0.3, 0.4) is 0 Å². The SMILES string of the molecule is C=C[C@]1(C)C[C@H](OC(=O)Cl)[C@]2(C)[C@H](C)CC[C@]3(CC[C@@H](OC)[C@H]32)[C@@H](C)C1=O. The van der Waals surface area contributed by atoms with Crippen LogP contribution < -0.4 is 0 Å². The minimum atomic E-state index is -0.802. The molecule has 27 heavy (non-hydrogen) atoms. The number of methoxy groups -OCH3 is 1. The summed E-state index contributed by atoms with van der Waals surface area (Å²) in [6.45, 7) is 12.4. The lowest BCUT2D eigenvalue weighted by Crippen LogP contribution is -2.62. The van der Waals surface area contributed by atoms with Crippen molar-refractivity contribution in [2.24, 2.45) is 34.0 Å². The molecule has 3 fully saturated rings. The predicted octanol–water partition coefficient (Wildman–Crippen LogP) is 5.38. The average Bonchev–Trinajstić information content (AvgIpc) is 3.02. The van der Waals surface area contributed by atoms with Gasteiger partial charge in [-0.25, -0.2) is 4.79 Å². The maximum Gasteiger partial charge on any atom is 0.404 e. The quantitative estimate of drug-likeness (QED) is 0.474. The van der Waals surface area contributed by atoms with Gasteiger partial charge in [0.2, 0.25) is 0 Å². The molecular weight excluding hydrogens is 364 g/mol. The summed E-state index contributed by atoms with van der Waals surface area (Å²) < 4.78 is 11.7. The summed E-state index contributed by atoms with van der Waals surface area (Å²) in [4.78, 5) is 25.4. The van der Waals surface area contributed by atoms with Gasteiger partial charge < -0.3 is 9.47 Å². The van der Waals surface area contributed by atoms with E-state index in [1.165, 1.54) is 0 Å². The number of carbonyl (C=O) groups is 2. The van der Waals surface area contributed by atoms with E-state index in [0.29, 0.717) is 12.3 Å². The van der Waals surface area contributed by atoms with Crippen molar-refractivity contribution in [3.8, 4) is 0 Å². The Hall–Kier alpha value is -0.870. The molecule has 0 spiro atoms. The van der Waals surface area contributed by atoms with Crippen molar-refractivity contribution >= 4 is 22.8 Å². The minimum absolute atomic E-state index is 0.0672. The summed E-state index contributed by atoms with van der Waals surface area (Å²) in [5, 5.41) is 0. The summed E-state index contributed by atoms with van der Waals surface area (Å²) in [7, 11) is 1.76. The highest BCUT2D eigenvalue weighted by Crippen LogP contribution is 2.68. The first-order valence-corrected chi connectivity index (χ1v) is 10.5. The molecule has 0 aromatic carbocycles. The first-order valence-electron chi connectivity index (χ1n) is 10.1. The van der Waals surface area contributed by atoms with Crippen LogP contribution in [-0.4, -0.2) is 30.5 Å². The first-order chi connectivity index (χ1) is 12.6. The zero-order valence-corrected chi connectivity index (χ0v) is 18.0. The predicted molar refractivity (Wildman–Crippen MR) is 106 cm³/mol. The fourth-order valence-electron chi connectivity index (χ4n) is 6.91. The number of ether oxygens (including phenoxy) is 2. The van der Waals surface area contributed by atoms with Crippen LogP contribution in [-0.2, 0) is 14.3 Å². The van der Waals surface area contributed by atoms with Crippen LogP contribution >= 0.6 is 11.6 Å². The lowest BCUT2D eigenvalue weighted by molar-refractivity contribution is -0.187. The number of ketones is 1. The number of Topliss-reactive ketones (excluding diaryl/α,β-unsaturated/α-hetero) is 1. The number of allylic oxidation sites excluding steroid dienone is 1. The van der Waals surface area contributed by atoms with E-state index in [9.17, 15) is 9.59 Å². The Morgan fingerprint density at radius 1 is 1.26 bits per heavy atom. The molecule has 0 radical (unpaired) electrons. The van der Waals surface area contributed by atoms with E-state index in [-0.39, 0.29) is 34.6 Å². The number of halogens is 1. The lowest BCUT2D eigenvalue weighted by Gasteiger charge is -2.61. The van der Waals surface area contributed by atoms with Crippen molar-refractivity contribution in [3.05, 3.63) is 12.7 Å². The molecule has 0 N–H and O–H groups in total. The molecule has 0 unspecified atom stereocenters. The zero-order chi connectivity index (χ0) is 20.2. The highest BCUT2D eigenvalue weighted by Gasteiger charge is 2.68. The molecule has 0 amide bonds. The summed E-state index contributed by atoms with van der Waals surface area (Å²) in [5.74, 6) is 0.617. The Balaban J connectivity index is 2.24. The number of hydrogen-bond donors (Lipinski definition) is 0. The van der Waals surface area contributed by atoms with Crippen LogP contribution in [0.5, 0.6) is 0 Å². The van der Waals surface area contributed by atoms with E-state index >= 15 is 0 Å². The Morgan fingerprint density at radius 3 is 2.44 bits per heavy atom. The van der Waals surface area contributed by atoms with Crippen molar-refractivity contribution in [1.29, 1.82) is 0 Å². The largest absolute Gasteiger partial charge is 0.450 e. The van der Waals surface area contributed by atoms with Crippen LogP contribution in [0, 0.1) is 34.0 Å². The highest BCUT2D eigenvalue weighted by molar-refractivity contribution is 6.61. The molecule has 4 nitrogen and oxygen atoms in total. The molecule has 3 rings (SSSR count). The zero-order valence-electron chi connectivity index (χ0n) is 17.2. The Bertz CT molecular complexity index is 648. The van der Waals surface area contributed by atoms with Gasteiger partial charge in [-0.3, -0.25) is 4.79 Å². The molecule has 5 heteroatoms. The topological polar surface area (TPSA) is 52.6 Å². The molecule has 3 aliphatic rings. The first kappa shape index (κ1) is 20.9. The molecule has 0 heterocycles. The summed E-state index contributed by atoms with van der Waals surface area (Å²) in [6.07, 6.45) is 5.72. The third-order valence-corrected chi connectivity index (χ3v) is 8.86. The third kappa shape index (κ3) is 2.81. The van der Waals surface area contributed by atoms with Crippen molar-refractivity contribution in [2.45, 2.75) is 72.0 Å². The van der Waals surface area contributed by atoms with E-state index in [1.807, 2.05) is 6.92 Å². The van der Waals surface area contributed by atoms with Gasteiger partial charge >= 0.3 is 5.43 Å². The summed E-state index contributed by atoms with van der Waals surface area (Å²) in [5.41, 5.74) is -1.97. The molecule has 0 aromatic rings. The van der Waals surface area contributed by atoms with Crippen molar-refractivity contribution < 1.29 is 19.1 Å². The van der Waals surface area contributed by atoms with E-state index in [0.717, 1.165) is 25.7 Å². The molecule has 0 saturated heterocycles. The maximum absolute atomic E-state index is 13.6. The van der Waals surface area contributed by atoms with Gasteiger partial charge in [0.15, 0.2) is 0 Å². The molecule has 8 atom stereocenters. The second kappa shape index (κ2) is 6.88. The van der Waals surface area contributed by atoms with Crippen molar-refractivity contribution in [3.63, 3.8) is 0 Å². The van der Waals surface area contributed by atoms with Crippen molar-refractivity contribution in [1.82, 2.24) is 0 Å². The highest BCUT2D eigenvalue weighted by atomic mass is 35.5. The van der Waals surface area contributed by atoms with Crippen molar-refractivity contribution in [2.75, 3.05) is 7.11 Å². The van der Waals surface area contributed by atoms with Crippen LogP contribution in [0.4, 0.5) is 4.79 Å². The monoisotopic (exact) mass is 396 g/mol. The van der Waals surface area contributed by atoms with Gasteiger partial charge in [-0.2, -0.15) is 0 Å². The summed E-state index contributed by atoms with van der Waals surface area (Å²) >= 11 is 5.70. The maximum atomic E-state index is 13.6. The minimum Gasteiger partial charge on any atom is -0.450 e. The fraction of sp³-hybridized carbons (Fsp3) is 0.818. The fourth-order valence-corrected chi connectivity index (χ4v) is 7.01. The average molecular weight is 397 g/mol. The Morgan fingerprint density at radius 2 is 1.89 bits per heavy atom. The van der Waals surface area contributed by atoms with Gasteiger partial charge in [-0.05, 0) is 43.9 Å².